The van der Waals surface area contributed by atoms with Crippen molar-refractivity contribution in [1.82, 2.24) is 4.90 Å². The van der Waals surface area contributed by atoms with E-state index in [0.717, 1.165) is 24.4 Å². The normalized spacial score (nSPS) is 19.2. The monoisotopic (exact) mass is 264 g/mol. The lowest BCUT2D eigenvalue weighted by Gasteiger charge is -2.42. The van der Waals surface area contributed by atoms with Gasteiger partial charge in [-0.05, 0) is 56.8 Å². The third-order valence-electron chi connectivity index (χ3n) is 4.59. The average Bonchev–Trinajstić information content (AvgIpc) is 2.33. The number of halogens is 1. The van der Waals surface area contributed by atoms with Crippen LogP contribution in [0.4, 0.5) is 4.39 Å². The molecule has 1 aliphatic carbocycles. The second-order valence-electron chi connectivity index (χ2n) is 6.19. The highest BCUT2D eigenvalue weighted by atomic mass is 19.1. The van der Waals surface area contributed by atoms with Crippen LogP contribution in [0.1, 0.15) is 31.7 Å². The Hall–Kier alpha value is -0.930. The zero-order valence-corrected chi connectivity index (χ0v) is 12.0. The van der Waals surface area contributed by atoms with Gasteiger partial charge in [0.25, 0.3) is 0 Å². The maximum absolute atomic E-state index is 13.3. The summed E-state index contributed by atoms with van der Waals surface area (Å²) in [5.41, 5.74) is 6.92. The van der Waals surface area contributed by atoms with Crippen molar-refractivity contribution in [3.8, 4) is 0 Å². The fraction of sp³-hybridized carbons (Fsp3) is 0.625. The van der Waals surface area contributed by atoms with Crippen LogP contribution in [0.5, 0.6) is 0 Å². The molecule has 106 valence electrons. The van der Waals surface area contributed by atoms with Crippen LogP contribution in [0.25, 0.3) is 0 Å². The Balaban J connectivity index is 2.03. The highest BCUT2D eigenvalue weighted by molar-refractivity contribution is 5.19. The molecule has 1 atom stereocenters. The number of benzene rings is 1. The first kappa shape index (κ1) is 14.5. The van der Waals surface area contributed by atoms with Crippen molar-refractivity contribution < 1.29 is 4.39 Å². The predicted molar refractivity (Wildman–Crippen MR) is 77.5 cm³/mol. The molecular formula is C16H25FN2. The highest BCUT2D eigenvalue weighted by Gasteiger charge is 2.31. The summed E-state index contributed by atoms with van der Waals surface area (Å²) >= 11 is 0. The maximum Gasteiger partial charge on any atom is 0.123 e. The van der Waals surface area contributed by atoms with Gasteiger partial charge >= 0.3 is 0 Å². The first-order chi connectivity index (χ1) is 9.03. The van der Waals surface area contributed by atoms with Crippen molar-refractivity contribution in [1.29, 1.82) is 0 Å². The van der Waals surface area contributed by atoms with Gasteiger partial charge in [0.1, 0.15) is 5.82 Å². The third-order valence-corrected chi connectivity index (χ3v) is 4.59. The molecule has 2 rings (SSSR count). The van der Waals surface area contributed by atoms with Gasteiger partial charge < -0.3 is 5.73 Å². The van der Waals surface area contributed by atoms with Crippen LogP contribution in [0, 0.1) is 11.7 Å². The van der Waals surface area contributed by atoms with E-state index in [1.54, 1.807) is 12.1 Å². The van der Waals surface area contributed by atoms with E-state index in [1.165, 1.54) is 25.3 Å². The number of hydrogen-bond donors (Lipinski definition) is 1. The summed E-state index contributed by atoms with van der Waals surface area (Å²) in [6.07, 6.45) is 4.84. The molecule has 0 amide bonds. The molecule has 0 heterocycles. The predicted octanol–water partition coefficient (Wildman–Crippen LogP) is 2.82. The molecule has 1 aromatic carbocycles. The first-order valence-electron chi connectivity index (χ1n) is 7.19. The van der Waals surface area contributed by atoms with Gasteiger partial charge in [0.2, 0.25) is 0 Å². The van der Waals surface area contributed by atoms with E-state index >= 15 is 0 Å². The minimum Gasteiger partial charge on any atom is -0.329 e. The third kappa shape index (κ3) is 3.54. The Morgan fingerprint density at radius 2 is 2.16 bits per heavy atom. The lowest BCUT2D eigenvalue weighted by atomic mass is 9.83. The summed E-state index contributed by atoms with van der Waals surface area (Å²) in [7, 11) is 2.14. The SMILES string of the molecule is CN(CC1CCC1)C(C)(CN)Cc1cccc(F)c1. The zero-order chi connectivity index (χ0) is 13.9. The molecule has 3 heteroatoms. The number of hydrogen-bond acceptors (Lipinski definition) is 2. The van der Waals surface area contributed by atoms with Gasteiger partial charge in [0.05, 0.1) is 0 Å². The van der Waals surface area contributed by atoms with Crippen LogP contribution >= 0.6 is 0 Å². The van der Waals surface area contributed by atoms with Crippen molar-refractivity contribution >= 4 is 0 Å². The van der Waals surface area contributed by atoms with E-state index < -0.39 is 0 Å². The van der Waals surface area contributed by atoms with Crippen molar-refractivity contribution in [3.05, 3.63) is 35.6 Å². The Labute approximate surface area is 115 Å². The van der Waals surface area contributed by atoms with E-state index in [0.29, 0.717) is 6.54 Å². The topological polar surface area (TPSA) is 29.3 Å². The van der Waals surface area contributed by atoms with E-state index in [9.17, 15) is 4.39 Å². The standard InChI is InChI=1S/C16H25FN2/c1-16(12-18,19(2)11-13-5-3-6-13)10-14-7-4-8-15(17)9-14/h4,7-9,13H,3,5-6,10-12,18H2,1-2H3. The molecule has 1 unspecified atom stereocenters. The van der Waals surface area contributed by atoms with Crippen LogP contribution in [0.3, 0.4) is 0 Å². The molecule has 0 aliphatic heterocycles. The van der Waals surface area contributed by atoms with Crippen molar-refractivity contribution in [2.24, 2.45) is 11.7 Å². The maximum atomic E-state index is 13.3. The zero-order valence-electron chi connectivity index (χ0n) is 12.0. The molecule has 0 spiro atoms. The summed E-state index contributed by atoms with van der Waals surface area (Å²) < 4.78 is 13.3. The Morgan fingerprint density at radius 3 is 2.68 bits per heavy atom. The summed E-state index contributed by atoms with van der Waals surface area (Å²) in [5.74, 6) is 0.655. The number of nitrogens with zero attached hydrogens (tertiary/aromatic N) is 1. The second-order valence-corrected chi connectivity index (χ2v) is 6.19. The van der Waals surface area contributed by atoms with Crippen LogP contribution in [-0.4, -0.2) is 30.6 Å². The molecule has 2 nitrogen and oxygen atoms in total. The van der Waals surface area contributed by atoms with Crippen LogP contribution < -0.4 is 5.73 Å². The van der Waals surface area contributed by atoms with Gasteiger partial charge in [-0.25, -0.2) is 4.39 Å². The average molecular weight is 264 g/mol. The van der Waals surface area contributed by atoms with Gasteiger partial charge in [-0.3, -0.25) is 4.90 Å². The molecule has 1 aromatic rings. The van der Waals surface area contributed by atoms with E-state index in [1.807, 2.05) is 6.07 Å². The van der Waals surface area contributed by atoms with Crippen LogP contribution in [-0.2, 0) is 6.42 Å². The number of likely N-dealkylation sites (N-methyl/N-ethyl adjacent to an activating group) is 1. The summed E-state index contributed by atoms with van der Waals surface area (Å²) in [4.78, 5) is 2.36. The smallest absolute Gasteiger partial charge is 0.123 e. The van der Waals surface area contributed by atoms with Crippen LogP contribution in [0.15, 0.2) is 24.3 Å². The lowest BCUT2D eigenvalue weighted by molar-refractivity contribution is 0.0981. The van der Waals surface area contributed by atoms with Crippen molar-refractivity contribution in [2.45, 2.75) is 38.1 Å². The molecule has 2 N–H and O–H groups in total. The van der Waals surface area contributed by atoms with Crippen molar-refractivity contribution in [2.75, 3.05) is 20.1 Å². The van der Waals surface area contributed by atoms with Gasteiger partial charge in [-0.2, -0.15) is 0 Å². The fourth-order valence-electron chi connectivity index (χ4n) is 2.73. The Morgan fingerprint density at radius 1 is 1.42 bits per heavy atom. The molecule has 0 aromatic heterocycles. The summed E-state index contributed by atoms with van der Waals surface area (Å²) in [6, 6.07) is 6.86. The largest absolute Gasteiger partial charge is 0.329 e. The summed E-state index contributed by atoms with van der Waals surface area (Å²) in [6.45, 7) is 3.87. The summed E-state index contributed by atoms with van der Waals surface area (Å²) in [5, 5.41) is 0. The number of rotatable bonds is 6. The Kier molecular flexibility index (Phi) is 4.58. The highest BCUT2D eigenvalue weighted by Crippen LogP contribution is 2.29. The van der Waals surface area contributed by atoms with E-state index in [-0.39, 0.29) is 11.4 Å². The minimum absolute atomic E-state index is 0.0939. The first-order valence-corrected chi connectivity index (χ1v) is 7.19. The van der Waals surface area contributed by atoms with Crippen molar-refractivity contribution in [3.63, 3.8) is 0 Å². The quantitative estimate of drug-likeness (QED) is 0.856. The minimum atomic E-state index is -0.168. The fourth-order valence-corrected chi connectivity index (χ4v) is 2.73. The molecular weight excluding hydrogens is 239 g/mol. The molecule has 0 bridgehead atoms. The Bertz CT molecular complexity index is 417. The van der Waals surface area contributed by atoms with Gasteiger partial charge in [-0.15, -0.1) is 0 Å². The van der Waals surface area contributed by atoms with Gasteiger partial charge in [-0.1, -0.05) is 18.6 Å². The molecule has 19 heavy (non-hydrogen) atoms. The molecule has 0 saturated heterocycles. The number of nitrogens with two attached hydrogens (primary N) is 1. The van der Waals surface area contributed by atoms with Gasteiger partial charge in [0.15, 0.2) is 0 Å². The molecule has 1 fully saturated rings. The van der Waals surface area contributed by atoms with E-state index in [2.05, 4.69) is 18.9 Å². The lowest BCUT2D eigenvalue weighted by Crippen LogP contribution is -2.53. The molecule has 1 saturated carbocycles. The second kappa shape index (κ2) is 6.02. The van der Waals surface area contributed by atoms with Crippen LogP contribution in [0.2, 0.25) is 0 Å². The van der Waals surface area contributed by atoms with Gasteiger partial charge in [0, 0.05) is 18.6 Å². The molecule has 1 aliphatic rings. The van der Waals surface area contributed by atoms with E-state index in [4.69, 9.17) is 5.73 Å². The molecule has 0 radical (unpaired) electrons.